The predicted octanol–water partition coefficient (Wildman–Crippen LogP) is 16.3. The van der Waals surface area contributed by atoms with Crippen LogP contribution >= 0.6 is 22.7 Å². The molecule has 6 saturated carbocycles. The number of benzene rings is 2. The molecular weight excluding hydrogens is 1050 g/mol. The fourth-order valence-electron chi connectivity index (χ4n) is 11.5. The van der Waals surface area contributed by atoms with Crippen molar-refractivity contribution in [2.45, 2.75) is 76.3 Å². The maximum Gasteiger partial charge on any atom is 2.00 e. The van der Waals surface area contributed by atoms with Gasteiger partial charge >= 0.3 is 34.1 Å². The SMILES string of the molecule is CN(C[C]1[CH][CH][CH][C]1c1c2nc(c(-c3ccccc3)c3ccc(s3)c(-c3ccccc3)c3nc(c([C]4[CH][CH][CH][C]4CN(C)C4CCCCC4)c4ccc1s4)C=C3)C=C2)C1CCCCC1.[CH]1[CH][CH][CH][CH]1.[CH]1[CH][CH][CH][CH]1.[Fe+2].[Fe+2]. The molecule has 2 aromatic carbocycles. The molecule has 76 heavy (non-hydrogen) atoms. The van der Waals surface area contributed by atoms with Crippen molar-refractivity contribution in [3.63, 3.8) is 0 Å². The van der Waals surface area contributed by atoms with Crippen LogP contribution in [0.15, 0.2) is 84.9 Å². The van der Waals surface area contributed by atoms with E-state index in [2.05, 4.69) is 172 Å². The standard InChI is InChI=1S/C58H56N4S2.2C5H5.2Fe/c1-61(43-23-11-5-12-24-43)37-41-21-15-27-45(41)57-49-31-29-47(59-49)55(39-17-7-3-8-18-39)51-33-34-52(63-51)56(40-19-9-4-10-20-40)48-30-32-50(60-48)58(54-36-35-53(57)64-54)46-28-16-22-42(46)38-62(2)44-25-13-6-14-26-44;2*1-2-4-5-3-1;;/h3-4,7-10,15-22,27-36,43-44H,5-6,11-14,23-26,37-38H2,1-2H3;2*1-5H;;/q;;;2*+2. The number of thiophene rings is 2. The number of aromatic nitrogens is 2. The second-order valence-corrected chi connectivity index (χ2v) is 22.4. The number of hydrogen-bond donors (Lipinski definition) is 0. The van der Waals surface area contributed by atoms with Gasteiger partial charge in [-0.25, -0.2) is 9.97 Å². The number of fused-ring (bicyclic) bond motifs is 8. The van der Waals surface area contributed by atoms with Gasteiger partial charge in [-0.15, -0.1) is 22.7 Å². The Kier molecular flexibility index (Phi) is 21.4. The fourth-order valence-corrected chi connectivity index (χ4v) is 13.8. The quantitative estimate of drug-likeness (QED) is 0.128. The van der Waals surface area contributed by atoms with Crippen molar-refractivity contribution in [2.24, 2.45) is 0 Å². The molecule has 0 atom stereocenters. The van der Waals surface area contributed by atoms with Crippen molar-refractivity contribution in [3.05, 3.63) is 245 Å². The number of nitrogens with zero attached hydrogens (tertiary/aromatic N) is 4. The van der Waals surface area contributed by atoms with Crippen molar-refractivity contribution < 1.29 is 34.1 Å². The second kappa shape index (κ2) is 28.3. The van der Waals surface area contributed by atoms with Gasteiger partial charge in [0.2, 0.25) is 0 Å². The van der Waals surface area contributed by atoms with E-state index < -0.39 is 0 Å². The van der Waals surface area contributed by atoms with E-state index in [1.165, 1.54) is 129 Å². The van der Waals surface area contributed by atoms with Crippen molar-refractivity contribution in [3.8, 4) is 22.3 Å². The van der Waals surface area contributed by atoms with Gasteiger partial charge in [0.1, 0.15) is 0 Å². The molecule has 4 nitrogen and oxygen atoms in total. The molecule has 5 aromatic rings. The van der Waals surface area contributed by atoms with Gasteiger partial charge in [0.25, 0.3) is 0 Å². The van der Waals surface area contributed by atoms with E-state index in [0.717, 1.165) is 47.0 Å². The van der Waals surface area contributed by atoms with E-state index in [1.807, 2.05) is 86.9 Å². The number of rotatable bonds is 10. The zero-order valence-corrected chi connectivity index (χ0v) is 47.4. The Morgan fingerprint density at radius 1 is 0.382 bits per heavy atom. The molecule has 0 unspecified atom stereocenters. The Balaban J connectivity index is 0.000000530. The summed E-state index contributed by atoms with van der Waals surface area (Å²) in [6.07, 6.45) is 56.1. The van der Waals surface area contributed by atoms with Gasteiger partial charge in [-0.05, 0) is 202 Å². The van der Waals surface area contributed by atoms with Crippen LogP contribution < -0.4 is 0 Å². The maximum absolute atomic E-state index is 5.66. The van der Waals surface area contributed by atoms with Crippen LogP contribution in [-0.4, -0.2) is 59.0 Å². The monoisotopic (exact) mass is 1110 g/mol. The molecule has 3 aromatic heterocycles. The molecule has 20 radical (unpaired) electrons. The van der Waals surface area contributed by atoms with Crippen LogP contribution in [0, 0.1) is 126 Å². The van der Waals surface area contributed by atoms with Gasteiger partial charge in [-0.1, -0.05) is 99.2 Å². The maximum atomic E-state index is 5.66. The summed E-state index contributed by atoms with van der Waals surface area (Å²) >= 11 is 3.72. The Morgan fingerprint density at radius 3 is 1.04 bits per heavy atom. The normalized spacial score (nSPS) is 19.6. The van der Waals surface area contributed by atoms with Gasteiger partial charge in [0, 0.05) is 89.9 Å². The van der Waals surface area contributed by atoms with Crippen molar-refractivity contribution in [1.82, 2.24) is 19.8 Å². The number of hydrogen-bond acceptors (Lipinski definition) is 6. The van der Waals surface area contributed by atoms with Crippen LogP contribution in [0.3, 0.4) is 0 Å². The Hall–Kier alpha value is -3.16. The van der Waals surface area contributed by atoms with Gasteiger partial charge in [-0.3, -0.25) is 0 Å². The van der Waals surface area contributed by atoms with Crippen LogP contribution in [0.25, 0.3) is 65.4 Å². The summed E-state index contributed by atoms with van der Waals surface area (Å²) in [4.78, 5) is 16.5. The first-order chi connectivity index (χ1) is 36.6. The second-order valence-electron chi connectivity index (χ2n) is 20.3. The van der Waals surface area contributed by atoms with Crippen LogP contribution in [0.5, 0.6) is 0 Å². The molecule has 0 saturated heterocycles. The molecule has 382 valence electrons. The van der Waals surface area contributed by atoms with E-state index in [4.69, 9.17) is 9.97 Å². The molecule has 6 fully saturated rings. The molecule has 6 aliphatic carbocycles. The molecule has 13 rings (SSSR count). The van der Waals surface area contributed by atoms with Crippen molar-refractivity contribution in [1.29, 1.82) is 0 Å². The third-order valence-corrected chi connectivity index (χ3v) is 17.6. The molecular formula is C68H66Fe2N4S2+4. The first kappa shape index (κ1) is 57.5. The minimum atomic E-state index is 0. The zero-order chi connectivity index (χ0) is 50.1. The molecule has 2 aliphatic heterocycles. The zero-order valence-electron chi connectivity index (χ0n) is 43.6. The molecule has 8 aliphatic rings. The molecule has 0 N–H and O–H groups in total. The molecule has 8 bridgehead atoms. The van der Waals surface area contributed by atoms with Gasteiger partial charge in [-0.2, -0.15) is 0 Å². The average molecular weight is 1120 g/mol. The summed E-state index contributed by atoms with van der Waals surface area (Å²) in [5, 5.41) is 0. The van der Waals surface area contributed by atoms with E-state index >= 15 is 0 Å². The van der Waals surface area contributed by atoms with Crippen LogP contribution in [-0.2, 0) is 34.1 Å². The summed E-state index contributed by atoms with van der Waals surface area (Å²) in [6.45, 7) is 1.84. The molecule has 0 amide bonds. The summed E-state index contributed by atoms with van der Waals surface area (Å²) in [6, 6.07) is 32.2. The first-order valence-electron chi connectivity index (χ1n) is 26.9. The van der Waals surface area contributed by atoms with E-state index in [0.29, 0.717) is 12.1 Å². The van der Waals surface area contributed by atoms with Gasteiger partial charge in [0.05, 0.1) is 22.8 Å². The van der Waals surface area contributed by atoms with Crippen molar-refractivity contribution >= 4 is 65.8 Å². The minimum absolute atomic E-state index is 0. The first-order valence-corrected chi connectivity index (χ1v) is 28.5. The molecule has 0 spiro atoms. The smallest absolute Gasteiger partial charge is 0.303 e. The molecule has 5 heterocycles. The van der Waals surface area contributed by atoms with Gasteiger partial charge in [0.15, 0.2) is 0 Å². The predicted molar refractivity (Wildman–Crippen MR) is 316 cm³/mol. The Bertz CT molecular complexity index is 2650. The third kappa shape index (κ3) is 13.7. The summed E-state index contributed by atoms with van der Waals surface area (Å²) in [5.41, 5.74) is 11.1. The third-order valence-electron chi connectivity index (χ3n) is 15.3. The largest absolute Gasteiger partial charge is 2.00 e. The Morgan fingerprint density at radius 2 is 0.697 bits per heavy atom. The summed E-state index contributed by atoms with van der Waals surface area (Å²) < 4.78 is 4.84. The fraction of sp³-hybridized carbons (Fsp3) is 0.235. The van der Waals surface area contributed by atoms with E-state index in [1.54, 1.807) is 0 Å². The summed E-state index contributed by atoms with van der Waals surface area (Å²) in [5.74, 6) is 5.29. The van der Waals surface area contributed by atoms with E-state index in [-0.39, 0.29) is 34.1 Å². The van der Waals surface area contributed by atoms with Gasteiger partial charge < -0.3 is 9.80 Å². The summed E-state index contributed by atoms with van der Waals surface area (Å²) in [7, 11) is 4.67. The topological polar surface area (TPSA) is 32.3 Å². The van der Waals surface area contributed by atoms with E-state index in [9.17, 15) is 0 Å². The minimum Gasteiger partial charge on any atom is -0.303 e. The van der Waals surface area contributed by atoms with Crippen LogP contribution in [0.4, 0.5) is 0 Å². The van der Waals surface area contributed by atoms with Crippen molar-refractivity contribution in [2.75, 3.05) is 27.2 Å². The van der Waals surface area contributed by atoms with Crippen LogP contribution in [0.1, 0.15) is 98.1 Å². The average Bonchev–Trinajstić information content (AvgIpc) is 4.30. The van der Waals surface area contributed by atoms with Crippen LogP contribution in [0.2, 0.25) is 0 Å². The molecule has 8 heteroatoms. The Labute approximate surface area is 487 Å².